The average molecular weight is 207 g/mol. The van der Waals surface area contributed by atoms with E-state index in [1.54, 1.807) is 0 Å². The Labute approximate surface area is 83.2 Å². The van der Waals surface area contributed by atoms with Crippen LogP contribution in [0.4, 0.5) is 11.4 Å². The molecule has 76 valence electrons. The van der Waals surface area contributed by atoms with Gasteiger partial charge >= 0.3 is 5.97 Å². The van der Waals surface area contributed by atoms with E-state index in [9.17, 15) is 14.9 Å². The third-order valence-electron chi connectivity index (χ3n) is 2.05. The van der Waals surface area contributed by atoms with Crippen LogP contribution in [-0.4, -0.2) is 16.0 Å². The first kappa shape index (κ1) is 9.25. The van der Waals surface area contributed by atoms with Crippen molar-refractivity contribution >= 4 is 17.3 Å². The SMILES string of the molecule is O=C(O)C1N=Nc2cccc([N+](=O)[O-])c21. The van der Waals surface area contributed by atoms with Crippen molar-refractivity contribution in [1.29, 1.82) is 0 Å². The molecule has 1 heterocycles. The fourth-order valence-corrected chi connectivity index (χ4v) is 1.42. The normalized spacial score (nSPS) is 17.5. The Morgan fingerprint density at radius 1 is 1.53 bits per heavy atom. The van der Waals surface area contributed by atoms with Crippen LogP contribution in [0, 0.1) is 10.1 Å². The van der Waals surface area contributed by atoms with Gasteiger partial charge in [0.05, 0.1) is 16.2 Å². The molecule has 1 unspecified atom stereocenters. The minimum Gasteiger partial charge on any atom is -0.479 e. The maximum absolute atomic E-state index is 10.8. The van der Waals surface area contributed by atoms with Crippen LogP contribution in [0.1, 0.15) is 11.6 Å². The van der Waals surface area contributed by atoms with Gasteiger partial charge in [0, 0.05) is 6.07 Å². The maximum atomic E-state index is 10.8. The number of nitro groups is 1. The molecule has 0 amide bonds. The Kier molecular flexibility index (Phi) is 1.93. The molecule has 1 atom stereocenters. The number of rotatable bonds is 2. The van der Waals surface area contributed by atoms with Gasteiger partial charge < -0.3 is 5.11 Å². The first-order chi connectivity index (χ1) is 7.11. The van der Waals surface area contributed by atoms with Crippen molar-refractivity contribution in [2.75, 3.05) is 0 Å². The molecule has 0 aliphatic carbocycles. The van der Waals surface area contributed by atoms with Gasteiger partial charge in [-0.15, -0.1) is 0 Å². The minimum atomic E-state index is -1.26. The first-order valence-corrected chi connectivity index (χ1v) is 4.02. The van der Waals surface area contributed by atoms with Gasteiger partial charge in [0.25, 0.3) is 5.69 Å². The highest BCUT2D eigenvalue weighted by Gasteiger charge is 2.34. The monoisotopic (exact) mass is 207 g/mol. The number of carboxylic acid groups (broad SMARTS) is 1. The molecule has 1 N–H and O–H groups in total. The number of azo groups is 1. The lowest BCUT2D eigenvalue weighted by Gasteiger charge is -2.02. The second-order valence-electron chi connectivity index (χ2n) is 2.92. The summed E-state index contributed by atoms with van der Waals surface area (Å²) in [6.45, 7) is 0. The number of carbonyl (C=O) groups is 1. The topological polar surface area (TPSA) is 105 Å². The molecule has 0 aromatic heterocycles. The Bertz CT molecular complexity index is 483. The first-order valence-electron chi connectivity index (χ1n) is 4.02. The van der Waals surface area contributed by atoms with Crippen LogP contribution in [0.25, 0.3) is 0 Å². The van der Waals surface area contributed by atoms with Crippen molar-refractivity contribution in [3.63, 3.8) is 0 Å². The Hall–Kier alpha value is -2.31. The predicted octanol–water partition coefficient (Wildman–Crippen LogP) is 1.82. The molecule has 0 fully saturated rings. The lowest BCUT2D eigenvalue weighted by molar-refractivity contribution is -0.385. The fraction of sp³-hybridized carbons (Fsp3) is 0.125. The van der Waals surface area contributed by atoms with Crippen molar-refractivity contribution in [2.45, 2.75) is 6.04 Å². The second kappa shape index (κ2) is 3.12. The summed E-state index contributed by atoms with van der Waals surface area (Å²) in [7, 11) is 0. The third kappa shape index (κ3) is 1.33. The summed E-state index contributed by atoms with van der Waals surface area (Å²) in [5.74, 6) is -1.24. The van der Waals surface area contributed by atoms with Crippen molar-refractivity contribution in [2.24, 2.45) is 10.2 Å². The number of carboxylic acids is 1. The van der Waals surface area contributed by atoms with Crippen LogP contribution in [-0.2, 0) is 4.79 Å². The van der Waals surface area contributed by atoms with E-state index in [4.69, 9.17) is 5.11 Å². The molecule has 1 aliphatic rings. The van der Waals surface area contributed by atoms with E-state index in [0.717, 1.165) is 0 Å². The molecular formula is C8H5N3O4. The lowest BCUT2D eigenvalue weighted by atomic mass is 10.0. The van der Waals surface area contributed by atoms with Gasteiger partial charge in [-0.2, -0.15) is 10.2 Å². The number of hydrogen-bond donors (Lipinski definition) is 1. The molecule has 15 heavy (non-hydrogen) atoms. The van der Waals surface area contributed by atoms with Crippen LogP contribution in [0.3, 0.4) is 0 Å². The van der Waals surface area contributed by atoms with Crippen molar-refractivity contribution < 1.29 is 14.8 Å². The van der Waals surface area contributed by atoms with E-state index in [1.165, 1.54) is 18.2 Å². The zero-order valence-corrected chi connectivity index (χ0v) is 7.32. The number of hydrogen-bond acceptors (Lipinski definition) is 5. The highest BCUT2D eigenvalue weighted by Crippen LogP contribution is 2.41. The molecule has 1 aliphatic heterocycles. The molecule has 1 aromatic rings. The molecule has 0 saturated heterocycles. The Morgan fingerprint density at radius 2 is 2.27 bits per heavy atom. The number of benzene rings is 1. The van der Waals surface area contributed by atoms with Crippen LogP contribution >= 0.6 is 0 Å². The highest BCUT2D eigenvalue weighted by atomic mass is 16.6. The number of aliphatic carboxylic acids is 1. The summed E-state index contributed by atoms with van der Waals surface area (Å²) in [4.78, 5) is 20.8. The van der Waals surface area contributed by atoms with E-state index in [2.05, 4.69) is 10.2 Å². The molecular weight excluding hydrogens is 202 g/mol. The van der Waals surface area contributed by atoms with Crippen molar-refractivity contribution in [3.8, 4) is 0 Å². The summed E-state index contributed by atoms with van der Waals surface area (Å²) in [6.07, 6.45) is 0. The molecule has 0 radical (unpaired) electrons. The molecule has 2 rings (SSSR count). The molecule has 0 bridgehead atoms. The van der Waals surface area contributed by atoms with Gasteiger partial charge in [0.2, 0.25) is 6.04 Å². The van der Waals surface area contributed by atoms with Gasteiger partial charge in [0.1, 0.15) is 0 Å². The second-order valence-corrected chi connectivity index (χ2v) is 2.92. The quantitative estimate of drug-likeness (QED) is 0.589. The van der Waals surface area contributed by atoms with E-state index in [0.29, 0.717) is 0 Å². The molecule has 0 spiro atoms. The summed E-state index contributed by atoms with van der Waals surface area (Å²) in [6, 6.07) is 2.92. The highest BCUT2D eigenvalue weighted by molar-refractivity contribution is 5.81. The van der Waals surface area contributed by atoms with Crippen LogP contribution in [0.2, 0.25) is 0 Å². The van der Waals surface area contributed by atoms with Gasteiger partial charge in [-0.25, -0.2) is 4.79 Å². The average Bonchev–Trinajstić information content (AvgIpc) is 2.60. The van der Waals surface area contributed by atoms with Crippen molar-refractivity contribution in [3.05, 3.63) is 33.9 Å². The smallest absolute Gasteiger partial charge is 0.335 e. The fourth-order valence-electron chi connectivity index (χ4n) is 1.42. The zero-order valence-electron chi connectivity index (χ0n) is 7.32. The van der Waals surface area contributed by atoms with Gasteiger partial charge in [-0.3, -0.25) is 10.1 Å². The number of nitrogens with zero attached hydrogens (tertiary/aromatic N) is 3. The minimum absolute atomic E-state index is 0.0509. The Balaban J connectivity index is 2.62. The lowest BCUT2D eigenvalue weighted by Crippen LogP contribution is -2.08. The van der Waals surface area contributed by atoms with E-state index in [1.807, 2.05) is 0 Å². The number of fused-ring (bicyclic) bond motifs is 1. The third-order valence-corrected chi connectivity index (χ3v) is 2.05. The van der Waals surface area contributed by atoms with Crippen LogP contribution in [0.5, 0.6) is 0 Å². The molecule has 0 saturated carbocycles. The van der Waals surface area contributed by atoms with Crippen LogP contribution < -0.4 is 0 Å². The van der Waals surface area contributed by atoms with Gasteiger partial charge in [-0.1, -0.05) is 6.07 Å². The molecule has 7 heteroatoms. The van der Waals surface area contributed by atoms with Gasteiger partial charge in [-0.05, 0) is 6.07 Å². The van der Waals surface area contributed by atoms with E-state index < -0.39 is 16.9 Å². The molecule has 1 aromatic carbocycles. The maximum Gasteiger partial charge on any atom is 0.335 e. The summed E-state index contributed by atoms with van der Waals surface area (Å²) in [5.41, 5.74) is 0.0384. The zero-order chi connectivity index (χ0) is 11.0. The van der Waals surface area contributed by atoms with E-state index >= 15 is 0 Å². The van der Waals surface area contributed by atoms with E-state index in [-0.39, 0.29) is 16.9 Å². The largest absolute Gasteiger partial charge is 0.479 e. The predicted molar refractivity (Wildman–Crippen MR) is 48.0 cm³/mol. The standard InChI is InChI=1S/C8H5N3O4/c12-8(13)7-6-4(9-10-7)2-1-3-5(6)11(14)15/h1-3,7H,(H,12,13). The molecule has 7 nitrogen and oxygen atoms in total. The number of nitro benzene ring substituents is 1. The summed E-state index contributed by atoms with van der Waals surface area (Å²) in [5, 5.41) is 26.5. The summed E-state index contributed by atoms with van der Waals surface area (Å²) < 4.78 is 0. The van der Waals surface area contributed by atoms with Gasteiger partial charge in [0.15, 0.2) is 0 Å². The van der Waals surface area contributed by atoms with Crippen LogP contribution in [0.15, 0.2) is 28.4 Å². The van der Waals surface area contributed by atoms with Crippen molar-refractivity contribution in [1.82, 2.24) is 0 Å². The Morgan fingerprint density at radius 3 is 2.87 bits per heavy atom. The summed E-state index contributed by atoms with van der Waals surface area (Å²) >= 11 is 0.